The van der Waals surface area contributed by atoms with Crippen molar-refractivity contribution < 1.29 is 14.3 Å². The standard InChI is InChI=1S/C28H26ClN5O3/c1-36-22-12-9-17(15-23(22)37-2)13-14-31-28(35)24-25-27(33-21-6-4-3-5-20(21)32-25)34(26(24)30)16-18-7-10-19(29)11-8-18/h3-12,15H,13-14,16,30H2,1-2H3,(H,31,35). The van der Waals surface area contributed by atoms with Crippen LogP contribution >= 0.6 is 11.6 Å². The molecule has 0 fully saturated rings. The zero-order valence-corrected chi connectivity index (χ0v) is 21.2. The number of rotatable bonds is 8. The Bertz CT molecular complexity index is 1600. The van der Waals surface area contributed by atoms with Gasteiger partial charge >= 0.3 is 0 Å². The molecule has 0 aliphatic carbocycles. The lowest BCUT2D eigenvalue weighted by molar-refractivity contribution is 0.0956. The maximum Gasteiger partial charge on any atom is 0.257 e. The smallest absolute Gasteiger partial charge is 0.257 e. The van der Waals surface area contributed by atoms with Crippen LogP contribution in [0.15, 0.2) is 66.7 Å². The van der Waals surface area contributed by atoms with E-state index < -0.39 is 0 Å². The number of aromatic nitrogens is 3. The second kappa shape index (κ2) is 10.4. The Hall–Kier alpha value is -4.30. The lowest BCUT2D eigenvalue weighted by Gasteiger charge is -2.10. The van der Waals surface area contributed by atoms with Crippen molar-refractivity contribution in [2.75, 3.05) is 26.5 Å². The van der Waals surface area contributed by atoms with Crippen molar-refractivity contribution in [1.29, 1.82) is 0 Å². The van der Waals surface area contributed by atoms with Gasteiger partial charge in [0, 0.05) is 11.6 Å². The van der Waals surface area contributed by atoms with Crippen LogP contribution in [0.5, 0.6) is 11.5 Å². The quantitative estimate of drug-likeness (QED) is 0.306. The third-order valence-corrected chi connectivity index (χ3v) is 6.47. The molecular weight excluding hydrogens is 490 g/mol. The van der Waals surface area contributed by atoms with Gasteiger partial charge in [-0.15, -0.1) is 0 Å². The lowest BCUT2D eigenvalue weighted by Crippen LogP contribution is -2.26. The molecule has 0 aliphatic heterocycles. The average Bonchev–Trinajstić information content (AvgIpc) is 3.18. The van der Waals surface area contributed by atoms with Gasteiger partial charge in [-0.3, -0.25) is 4.79 Å². The summed E-state index contributed by atoms with van der Waals surface area (Å²) in [4.78, 5) is 23.0. The molecule has 37 heavy (non-hydrogen) atoms. The van der Waals surface area contributed by atoms with Crippen LogP contribution in [-0.4, -0.2) is 41.2 Å². The highest BCUT2D eigenvalue weighted by Crippen LogP contribution is 2.30. The van der Waals surface area contributed by atoms with Crippen molar-refractivity contribution in [2.24, 2.45) is 0 Å². The van der Waals surface area contributed by atoms with E-state index in [2.05, 4.69) is 5.32 Å². The van der Waals surface area contributed by atoms with Crippen LogP contribution in [0.2, 0.25) is 5.02 Å². The van der Waals surface area contributed by atoms with E-state index in [1.807, 2.05) is 71.3 Å². The van der Waals surface area contributed by atoms with Gasteiger partial charge in [-0.05, 0) is 53.9 Å². The number of carbonyl (C=O) groups excluding carboxylic acids is 1. The van der Waals surface area contributed by atoms with Gasteiger partial charge in [0.25, 0.3) is 5.91 Å². The molecule has 5 rings (SSSR count). The largest absolute Gasteiger partial charge is 0.493 e. The number of nitrogen functional groups attached to an aromatic ring is 1. The molecule has 0 radical (unpaired) electrons. The monoisotopic (exact) mass is 515 g/mol. The zero-order chi connectivity index (χ0) is 25.9. The van der Waals surface area contributed by atoms with E-state index in [9.17, 15) is 4.79 Å². The third-order valence-electron chi connectivity index (χ3n) is 6.22. The first kappa shape index (κ1) is 24.4. The molecule has 0 aliphatic rings. The van der Waals surface area contributed by atoms with Crippen LogP contribution in [0.1, 0.15) is 21.5 Å². The van der Waals surface area contributed by atoms with Crippen molar-refractivity contribution >= 4 is 45.5 Å². The van der Waals surface area contributed by atoms with Crippen LogP contribution < -0.4 is 20.5 Å². The Labute approximate surface area is 219 Å². The number of nitrogens with zero attached hydrogens (tertiary/aromatic N) is 3. The summed E-state index contributed by atoms with van der Waals surface area (Å²) in [6, 6.07) is 20.7. The fourth-order valence-electron chi connectivity index (χ4n) is 4.32. The summed E-state index contributed by atoms with van der Waals surface area (Å²) >= 11 is 6.06. The summed E-state index contributed by atoms with van der Waals surface area (Å²) in [5, 5.41) is 3.64. The zero-order valence-electron chi connectivity index (χ0n) is 20.5. The molecule has 9 heteroatoms. The third kappa shape index (κ3) is 4.88. The minimum Gasteiger partial charge on any atom is -0.493 e. The number of nitrogens with one attached hydrogen (secondary N) is 1. The fourth-order valence-corrected chi connectivity index (χ4v) is 4.44. The van der Waals surface area contributed by atoms with E-state index in [0.29, 0.717) is 64.1 Å². The lowest BCUT2D eigenvalue weighted by atomic mass is 10.1. The Balaban J connectivity index is 1.46. The normalized spacial score (nSPS) is 11.1. The summed E-state index contributed by atoms with van der Waals surface area (Å²) in [7, 11) is 3.19. The average molecular weight is 516 g/mol. The van der Waals surface area contributed by atoms with E-state index in [1.54, 1.807) is 14.2 Å². The number of hydrogen-bond donors (Lipinski definition) is 2. The van der Waals surface area contributed by atoms with E-state index >= 15 is 0 Å². The number of hydrogen-bond acceptors (Lipinski definition) is 6. The highest BCUT2D eigenvalue weighted by molar-refractivity contribution is 6.30. The predicted octanol–water partition coefficient (Wildman–Crippen LogP) is 4.86. The molecule has 2 aromatic heterocycles. The maximum absolute atomic E-state index is 13.4. The number of methoxy groups -OCH3 is 2. The van der Waals surface area contributed by atoms with Crippen molar-refractivity contribution in [3.05, 3.63) is 88.4 Å². The summed E-state index contributed by atoms with van der Waals surface area (Å²) < 4.78 is 12.5. The molecule has 0 saturated carbocycles. The van der Waals surface area contributed by atoms with Gasteiger partial charge in [-0.25, -0.2) is 9.97 Å². The minimum absolute atomic E-state index is 0.303. The maximum atomic E-state index is 13.4. The molecule has 0 atom stereocenters. The van der Waals surface area contributed by atoms with Crippen LogP contribution in [0.25, 0.3) is 22.2 Å². The Morgan fingerprint density at radius 3 is 2.32 bits per heavy atom. The number of carbonyl (C=O) groups is 1. The molecule has 0 saturated heterocycles. The first-order valence-electron chi connectivity index (χ1n) is 11.8. The first-order chi connectivity index (χ1) is 18.0. The minimum atomic E-state index is -0.303. The highest BCUT2D eigenvalue weighted by atomic mass is 35.5. The molecule has 0 bridgehead atoms. The van der Waals surface area contributed by atoms with Crippen LogP contribution in [0, 0.1) is 0 Å². The van der Waals surface area contributed by atoms with Crippen molar-refractivity contribution in [3.8, 4) is 11.5 Å². The number of amides is 1. The number of benzene rings is 3. The SMILES string of the molecule is COc1ccc(CCNC(=O)c2c(N)n(Cc3ccc(Cl)cc3)c3nc4ccccc4nc23)cc1OC. The van der Waals surface area contributed by atoms with Crippen molar-refractivity contribution in [2.45, 2.75) is 13.0 Å². The van der Waals surface area contributed by atoms with Gasteiger partial charge in [0.1, 0.15) is 16.9 Å². The van der Waals surface area contributed by atoms with Crippen LogP contribution in [-0.2, 0) is 13.0 Å². The van der Waals surface area contributed by atoms with Crippen molar-refractivity contribution in [1.82, 2.24) is 19.9 Å². The number of fused-ring (bicyclic) bond motifs is 2. The number of nitrogens with two attached hydrogens (primary N) is 1. The summed E-state index contributed by atoms with van der Waals surface area (Å²) in [5.41, 5.74) is 11.3. The van der Waals surface area contributed by atoms with E-state index in [1.165, 1.54) is 0 Å². The topological polar surface area (TPSA) is 104 Å². The molecule has 5 aromatic rings. The van der Waals surface area contributed by atoms with Gasteiger partial charge in [-0.2, -0.15) is 0 Å². The fraction of sp³-hybridized carbons (Fsp3) is 0.179. The highest BCUT2D eigenvalue weighted by Gasteiger charge is 2.24. The van der Waals surface area contributed by atoms with Gasteiger partial charge in [0.15, 0.2) is 17.1 Å². The molecule has 8 nitrogen and oxygen atoms in total. The van der Waals surface area contributed by atoms with Crippen LogP contribution in [0.3, 0.4) is 0 Å². The first-order valence-corrected chi connectivity index (χ1v) is 12.1. The molecular formula is C28H26ClN5O3. The van der Waals surface area contributed by atoms with E-state index in [0.717, 1.165) is 16.6 Å². The second-order valence-electron chi connectivity index (χ2n) is 8.55. The Kier molecular flexibility index (Phi) is 6.83. The second-order valence-corrected chi connectivity index (χ2v) is 8.99. The Morgan fingerprint density at radius 2 is 1.62 bits per heavy atom. The molecule has 1 amide bonds. The van der Waals surface area contributed by atoms with E-state index in [4.69, 9.17) is 36.8 Å². The summed E-state index contributed by atoms with van der Waals surface area (Å²) in [5.74, 6) is 1.30. The molecule has 188 valence electrons. The number of halogens is 1. The molecule has 0 spiro atoms. The molecule has 3 N–H and O–H groups in total. The number of ether oxygens (including phenoxy) is 2. The van der Waals surface area contributed by atoms with Gasteiger partial charge < -0.3 is 25.1 Å². The van der Waals surface area contributed by atoms with Gasteiger partial charge in [0.2, 0.25) is 0 Å². The van der Waals surface area contributed by atoms with Crippen molar-refractivity contribution in [3.63, 3.8) is 0 Å². The number of para-hydroxylation sites is 2. The molecule has 0 unspecified atom stereocenters. The van der Waals surface area contributed by atoms with Gasteiger partial charge in [0.05, 0.1) is 31.8 Å². The molecule has 3 aromatic carbocycles. The van der Waals surface area contributed by atoms with Gasteiger partial charge in [-0.1, -0.05) is 41.9 Å². The van der Waals surface area contributed by atoms with Crippen LogP contribution in [0.4, 0.5) is 5.82 Å². The molecule has 2 heterocycles. The summed E-state index contributed by atoms with van der Waals surface area (Å²) in [6.45, 7) is 0.823. The Morgan fingerprint density at radius 1 is 0.946 bits per heavy atom. The number of anilines is 1. The predicted molar refractivity (Wildman–Crippen MR) is 146 cm³/mol. The summed E-state index contributed by atoms with van der Waals surface area (Å²) in [6.07, 6.45) is 0.601. The van der Waals surface area contributed by atoms with E-state index in [-0.39, 0.29) is 5.91 Å².